The van der Waals surface area contributed by atoms with Gasteiger partial charge in [-0.1, -0.05) is 0 Å². The Morgan fingerprint density at radius 3 is 2.94 bits per heavy atom. The lowest BCUT2D eigenvalue weighted by molar-refractivity contribution is 0.395. The Morgan fingerprint density at radius 2 is 2.44 bits per heavy atom. The predicted molar refractivity (Wildman–Crippen MR) is 63.7 cm³/mol. The third kappa shape index (κ3) is 1.92. The van der Waals surface area contributed by atoms with Crippen molar-refractivity contribution in [2.45, 2.75) is 17.4 Å². The number of rotatable bonds is 3. The molecule has 1 aliphatic heterocycles. The molecule has 3 N–H and O–H groups in total. The van der Waals surface area contributed by atoms with Gasteiger partial charge in [0.25, 0.3) is 0 Å². The van der Waals surface area contributed by atoms with E-state index in [2.05, 4.69) is 10.2 Å². The van der Waals surface area contributed by atoms with Crippen molar-refractivity contribution < 1.29 is 8.42 Å². The quantitative estimate of drug-likeness (QED) is 0.807. The molecule has 1 fully saturated rings. The lowest BCUT2D eigenvalue weighted by Gasteiger charge is -2.22. The zero-order valence-corrected chi connectivity index (χ0v) is 10.5. The highest BCUT2D eigenvalue weighted by atomic mass is 32.2. The van der Waals surface area contributed by atoms with Crippen LogP contribution in [0.3, 0.4) is 0 Å². The summed E-state index contributed by atoms with van der Waals surface area (Å²) in [7, 11) is -1.91. The molecule has 16 heavy (non-hydrogen) atoms. The van der Waals surface area contributed by atoms with Crippen LogP contribution in [0.4, 0.5) is 5.82 Å². The number of sulfonamides is 1. The van der Waals surface area contributed by atoms with Crippen molar-refractivity contribution >= 4 is 27.6 Å². The second kappa shape index (κ2) is 4.27. The molecule has 0 saturated carbocycles. The van der Waals surface area contributed by atoms with Crippen molar-refractivity contribution in [2.75, 3.05) is 24.3 Å². The van der Waals surface area contributed by atoms with Gasteiger partial charge in [-0.25, -0.2) is 8.42 Å². The predicted octanol–water partition coefficient (Wildman–Crippen LogP) is 0.118. The summed E-state index contributed by atoms with van der Waals surface area (Å²) in [5.74, 6) is 1.94. The van der Waals surface area contributed by atoms with Crippen LogP contribution in [-0.2, 0) is 10.0 Å². The van der Waals surface area contributed by atoms with Gasteiger partial charge in [-0.05, 0) is 12.2 Å². The molecule has 1 atom stereocenters. The van der Waals surface area contributed by atoms with Crippen LogP contribution in [0.15, 0.2) is 11.1 Å². The summed E-state index contributed by atoms with van der Waals surface area (Å²) < 4.78 is 25.8. The molecule has 1 aromatic heterocycles. The molecular weight excluding hydrogens is 248 g/mol. The van der Waals surface area contributed by atoms with Crippen molar-refractivity contribution in [3.05, 3.63) is 6.20 Å². The number of nitrogens with zero attached hydrogens (tertiary/aromatic N) is 2. The minimum Gasteiger partial charge on any atom is -0.383 e. The number of aromatic amines is 1. The van der Waals surface area contributed by atoms with Crippen molar-refractivity contribution in [1.29, 1.82) is 0 Å². The van der Waals surface area contributed by atoms with Crippen LogP contribution in [0.1, 0.15) is 6.42 Å². The summed E-state index contributed by atoms with van der Waals surface area (Å²) in [4.78, 5) is 0.0619. The average molecular weight is 262 g/mol. The van der Waals surface area contributed by atoms with E-state index in [0.29, 0.717) is 0 Å². The first-order valence-corrected chi connectivity index (χ1v) is 7.47. The largest absolute Gasteiger partial charge is 0.383 e. The highest BCUT2D eigenvalue weighted by Crippen LogP contribution is 2.27. The number of aromatic nitrogens is 2. The van der Waals surface area contributed by atoms with E-state index >= 15 is 0 Å². The fourth-order valence-corrected chi connectivity index (χ4v) is 4.41. The number of anilines is 1. The maximum atomic E-state index is 12.2. The molecule has 0 amide bonds. The molecule has 1 unspecified atom stereocenters. The summed E-state index contributed by atoms with van der Waals surface area (Å²) in [6, 6.07) is 0.0595. The van der Waals surface area contributed by atoms with E-state index in [0.717, 1.165) is 17.9 Å². The van der Waals surface area contributed by atoms with Crippen molar-refractivity contribution in [3.8, 4) is 0 Å². The first-order chi connectivity index (χ1) is 7.53. The zero-order valence-electron chi connectivity index (χ0n) is 8.88. The summed E-state index contributed by atoms with van der Waals surface area (Å²) in [6.45, 7) is 0. The van der Waals surface area contributed by atoms with Crippen molar-refractivity contribution in [2.24, 2.45) is 0 Å². The molecule has 0 spiro atoms. The highest BCUT2D eigenvalue weighted by molar-refractivity contribution is 7.99. The van der Waals surface area contributed by atoms with Gasteiger partial charge < -0.3 is 5.73 Å². The fourth-order valence-electron chi connectivity index (χ4n) is 1.65. The van der Waals surface area contributed by atoms with Gasteiger partial charge in [0.15, 0.2) is 0 Å². The first kappa shape index (κ1) is 11.7. The van der Waals surface area contributed by atoms with E-state index in [-0.39, 0.29) is 16.8 Å². The smallest absolute Gasteiger partial charge is 0.248 e. The Morgan fingerprint density at radius 1 is 1.69 bits per heavy atom. The van der Waals surface area contributed by atoms with E-state index in [1.165, 1.54) is 10.5 Å². The number of nitrogens with two attached hydrogens (primary N) is 1. The molecule has 1 saturated heterocycles. The molecule has 1 aromatic rings. The summed E-state index contributed by atoms with van der Waals surface area (Å²) in [5, 5.41) is 6.07. The molecule has 0 bridgehead atoms. The Balaban J connectivity index is 2.28. The molecule has 0 radical (unpaired) electrons. The highest BCUT2D eigenvalue weighted by Gasteiger charge is 2.32. The van der Waals surface area contributed by atoms with Gasteiger partial charge in [-0.15, -0.1) is 0 Å². The number of H-pyrrole nitrogens is 1. The fraction of sp³-hybridized carbons (Fsp3) is 0.625. The standard InChI is InChI=1S/C8H14N4O2S2/c1-12(6-2-3-15-5-6)16(13,14)7-4-10-11-8(7)9/h4,6H,2-3,5H2,1H3,(H3,9,10,11). The van der Waals surface area contributed by atoms with Crippen LogP contribution < -0.4 is 5.73 Å². The summed E-state index contributed by atoms with van der Waals surface area (Å²) >= 11 is 1.77. The second-order valence-electron chi connectivity index (χ2n) is 3.69. The van der Waals surface area contributed by atoms with Gasteiger partial charge in [0.1, 0.15) is 10.7 Å². The number of nitrogens with one attached hydrogen (secondary N) is 1. The lowest BCUT2D eigenvalue weighted by atomic mass is 10.3. The molecule has 0 aliphatic carbocycles. The monoisotopic (exact) mass is 262 g/mol. The Bertz CT molecular complexity index is 464. The molecule has 0 aromatic carbocycles. The molecular formula is C8H14N4O2S2. The van der Waals surface area contributed by atoms with Gasteiger partial charge in [0.2, 0.25) is 10.0 Å². The van der Waals surface area contributed by atoms with E-state index in [9.17, 15) is 8.42 Å². The van der Waals surface area contributed by atoms with Crippen LogP contribution in [0, 0.1) is 0 Å². The SMILES string of the molecule is CN(C1CCSC1)S(=O)(=O)c1cn[nH]c1N. The molecule has 90 valence electrons. The van der Waals surface area contributed by atoms with E-state index in [4.69, 9.17) is 5.73 Å². The Kier molecular flexibility index (Phi) is 3.13. The van der Waals surface area contributed by atoms with Gasteiger partial charge in [0.05, 0.1) is 6.20 Å². The molecule has 8 heteroatoms. The van der Waals surface area contributed by atoms with Gasteiger partial charge in [-0.3, -0.25) is 5.10 Å². The molecule has 2 rings (SSSR count). The lowest BCUT2D eigenvalue weighted by Crippen LogP contribution is -2.37. The minimum atomic E-state index is -3.51. The third-order valence-corrected chi connectivity index (χ3v) is 5.79. The van der Waals surface area contributed by atoms with Gasteiger partial charge in [0, 0.05) is 18.8 Å². The van der Waals surface area contributed by atoms with Crippen LogP contribution >= 0.6 is 11.8 Å². The molecule has 1 aliphatic rings. The average Bonchev–Trinajstić information content (AvgIpc) is 2.86. The summed E-state index contributed by atoms with van der Waals surface area (Å²) in [6.07, 6.45) is 2.14. The topological polar surface area (TPSA) is 92.1 Å². The van der Waals surface area contributed by atoms with E-state index < -0.39 is 10.0 Å². The van der Waals surface area contributed by atoms with Gasteiger partial charge >= 0.3 is 0 Å². The van der Waals surface area contributed by atoms with Crippen molar-refractivity contribution in [1.82, 2.24) is 14.5 Å². The first-order valence-electron chi connectivity index (χ1n) is 4.88. The molecule has 6 nitrogen and oxygen atoms in total. The van der Waals surface area contributed by atoms with Crippen LogP contribution in [-0.4, -0.2) is 47.5 Å². The number of hydrogen-bond acceptors (Lipinski definition) is 5. The van der Waals surface area contributed by atoms with Crippen LogP contribution in [0.25, 0.3) is 0 Å². The van der Waals surface area contributed by atoms with Crippen LogP contribution in [0.2, 0.25) is 0 Å². The third-order valence-electron chi connectivity index (χ3n) is 2.71. The summed E-state index contributed by atoms with van der Waals surface area (Å²) in [5.41, 5.74) is 5.53. The Labute approximate surface area is 98.6 Å². The number of nitrogen functional groups attached to an aromatic ring is 1. The van der Waals surface area contributed by atoms with Crippen LogP contribution in [0.5, 0.6) is 0 Å². The maximum absolute atomic E-state index is 12.2. The maximum Gasteiger partial charge on any atom is 0.248 e. The Hall–Kier alpha value is -0.730. The van der Waals surface area contributed by atoms with E-state index in [1.807, 2.05) is 0 Å². The zero-order chi connectivity index (χ0) is 11.8. The van der Waals surface area contributed by atoms with Crippen molar-refractivity contribution in [3.63, 3.8) is 0 Å². The second-order valence-corrected chi connectivity index (χ2v) is 6.80. The normalized spacial score (nSPS) is 21.8. The van der Waals surface area contributed by atoms with Gasteiger partial charge in [-0.2, -0.15) is 21.2 Å². The van der Waals surface area contributed by atoms with E-state index in [1.54, 1.807) is 18.8 Å². The number of hydrogen-bond donors (Lipinski definition) is 2. The number of thioether (sulfide) groups is 1. The minimum absolute atomic E-state index is 0.0595. The molecule has 2 heterocycles.